The van der Waals surface area contributed by atoms with Crippen LogP contribution >= 0.6 is 11.6 Å². The van der Waals surface area contributed by atoms with E-state index < -0.39 is 5.91 Å². The lowest BCUT2D eigenvalue weighted by molar-refractivity contribution is 0.100. The number of hydrogen-bond donors (Lipinski definition) is 2. The van der Waals surface area contributed by atoms with Gasteiger partial charge in [-0.05, 0) is 42.8 Å². The summed E-state index contributed by atoms with van der Waals surface area (Å²) in [5.74, 6) is -0.520. The van der Waals surface area contributed by atoms with Crippen molar-refractivity contribution in [2.45, 2.75) is 13.5 Å². The first kappa shape index (κ1) is 15.2. The minimum atomic E-state index is -0.520. The first-order valence-electron chi connectivity index (χ1n) is 6.70. The lowest BCUT2D eigenvalue weighted by Gasteiger charge is -2.24. The molecular weight excluding hydrogens is 286 g/mol. The van der Waals surface area contributed by atoms with E-state index in [1.165, 1.54) is 0 Å². The number of benzene rings is 2. The summed E-state index contributed by atoms with van der Waals surface area (Å²) >= 11 is 6.11. The highest BCUT2D eigenvalue weighted by molar-refractivity contribution is 6.34. The molecule has 0 spiro atoms. The third-order valence-electron chi connectivity index (χ3n) is 3.32. The van der Waals surface area contributed by atoms with Crippen LogP contribution in [0, 0.1) is 0 Å². The van der Waals surface area contributed by atoms with Gasteiger partial charge in [-0.25, -0.2) is 0 Å². The Morgan fingerprint density at radius 2 is 1.86 bits per heavy atom. The molecule has 2 aromatic rings. The van der Waals surface area contributed by atoms with Crippen LogP contribution in [0.15, 0.2) is 42.5 Å². The standard InChI is InChI=1S/C16H18ClN3O/c1-2-20(10-11-3-5-12(18)6-4-11)13-7-8-14(16(19)21)15(17)9-13/h3-9H,2,10,18H2,1H3,(H2,19,21). The van der Waals surface area contributed by atoms with Gasteiger partial charge in [0, 0.05) is 24.5 Å². The molecule has 0 radical (unpaired) electrons. The Labute approximate surface area is 129 Å². The van der Waals surface area contributed by atoms with Gasteiger partial charge < -0.3 is 16.4 Å². The Morgan fingerprint density at radius 3 is 2.38 bits per heavy atom. The summed E-state index contributed by atoms with van der Waals surface area (Å²) in [6, 6.07) is 13.0. The number of halogens is 1. The van der Waals surface area contributed by atoms with Crippen LogP contribution in [0.5, 0.6) is 0 Å². The van der Waals surface area contributed by atoms with Crippen molar-refractivity contribution < 1.29 is 4.79 Å². The maximum atomic E-state index is 11.2. The fourth-order valence-electron chi connectivity index (χ4n) is 2.13. The first-order chi connectivity index (χ1) is 10.0. The molecular formula is C16H18ClN3O. The van der Waals surface area contributed by atoms with E-state index in [4.69, 9.17) is 23.1 Å². The molecule has 1 amide bonds. The zero-order valence-electron chi connectivity index (χ0n) is 11.8. The molecule has 0 aromatic heterocycles. The van der Waals surface area contributed by atoms with Gasteiger partial charge in [0.1, 0.15) is 0 Å². The predicted molar refractivity (Wildman–Crippen MR) is 87.5 cm³/mol. The summed E-state index contributed by atoms with van der Waals surface area (Å²) < 4.78 is 0. The number of carbonyl (C=O) groups is 1. The van der Waals surface area contributed by atoms with E-state index in [2.05, 4.69) is 11.8 Å². The molecule has 0 aliphatic carbocycles. The molecule has 2 rings (SSSR count). The van der Waals surface area contributed by atoms with E-state index in [-0.39, 0.29) is 0 Å². The molecule has 0 aliphatic heterocycles. The van der Waals surface area contributed by atoms with Crippen molar-refractivity contribution in [3.8, 4) is 0 Å². The van der Waals surface area contributed by atoms with Gasteiger partial charge in [-0.3, -0.25) is 4.79 Å². The third kappa shape index (κ3) is 3.67. The molecule has 0 atom stereocenters. The van der Waals surface area contributed by atoms with Gasteiger partial charge in [0.15, 0.2) is 0 Å². The third-order valence-corrected chi connectivity index (χ3v) is 3.63. The molecule has 4 N–H and O–H groups in total. The highest BCUT2D eigenvalue weighted by Gasteiger charge is 2.11. The SMILES string of the molecule is CCN(Cc1ccc(N)cc1)c1ccc(C(N)=O)c(Cl)c1. The number of primary amides is 1. The zero-order chi connectivity index (χ0) is 15.4. The van der Waals surface area contributed by atoms with Gasteiger partial charge in [0.2, 0.25) is 5.91 Å². The van der Waals surface area contributed by atoms with E-state index in [0.717, 1.165) is 30.0 Å². The Hall–Kier alpha value is -2.20. The molecule has 2 aromatic carbocycles. The van der Waals surface area contributed by atoms with Crippen molar-refractivity contribution in [1.29, 1.82) is 0 Å². The van der Waals surface area contributed by atoms with Gasteiger partial charge >= 0.3 is 0 Å². The van der Waals surface area contributed by atoms with Crippen molar-refractivity contribution >= 4 is 28.9 Å². The number of nitrogen functional groups attached to an aromatic ring is 1. The van der Waals surface area contributed by atoms with Crippen LogP contribution in [0.4, 0.5) is 11.4 Å². The smallest absolute Gasteiger partial charge is 0.250 e. The number of anilines is 2. The van der Waals surface area contributed by atoms with Crippen molar-refractivity contribution in [3.05, 3.63) is 58.6 Å². The fraction of sp³-hybridized carbons (Fsp3) is 0.188. The molecule has 0 heterocycles. The topological polar surface area (TPSA) is 72.3 Å². The molecule has 0 fully saturated rings. The van der Waals surface area contributed by atoms with Crippen LogP contribution in [-0.4, -0.2) is 12.5 Å². The lowest BCUT2D eigenvalue weighted by Crippen LogP contribution is -2.22. The summed E-state index contributed by atoms with van der Waals surface area (Å²) in [5, 5.41) is 0.371. The number of nitrogens with zero attached hydrogens (tertiary/aromatic N) is 1. The number of amides is 1. The molecule has 110 valence electrons. The van der Waals surface area contributed by atoms with Gasteiger partial charge in [-0.15, -0.1) is 0 Å². The average molecular weight is 304 g/mol. The molecule has 0 saturated heterocycles. The normalized spacial score (nSPS) is 10.4. The maximum absolute atomic E-state index is 11.2. The van der Waals surface area contributed by atoms with Crippen LogP contribution in [0.3, 0.4) is 0 Å². The van der Waals surface area contributed by atoms with Crippen LogP contribution in [0.2, 0.25) is 5.02 Å². The highest BCUT2D eigenvalue weighted by Crippen LogP contribution is 2.25. The summed E-state index contributed by atoms with van der Waals surface area (Å²) in [5.41, 5.74) is 14.1. The van der Waals surface area contributed by atoms with Gasteiger partial charge in [-0.1, -0.05) is 23.7 Å². The average Bonchev–Trinajstić information content (AvgIpc) is 2.46. The van der Waals surface area contributed by atoms with Crippen LogP contribution in [0.1, 0.15) is 22.8 Å². The number of nitrogens with two attached hydrogens (primary N) is 2. The minimum absolute atomic E-state index is 0.337. The minimum Gasteiger partial charge on any atom is -0.399 e. The van der Waals surface area contributed by atoms with Crippen molar-refractivity contribution in [2.75, 3.05) is 17.2 Å². The number of rotatable bonds is 5. The number of carbonyl (C=O) groups excluding carboxylic acids is 1. The second kappa shape index (κ2) is 6.50. The van der Waals surface area contributed by atoms with E-state index in [1.54, 1.807) is 12.1 Å². The Balaban J connectivity index is 2.23. The van der Waals surface area contributed by atoms with E-state index in [9.17, 15) is 4.79 Å². The summed E-state index contributed by atoms with van der Waals surface area (Å²) in [6.07, 6.45) is 0. The quantitative estimate of drug-likeness (QED) is 0.834. The fourth-order valence-corrected chi connectivity index (χ4v) is 2.40. The maximum Gasteiger partial charge on any atom is 0.250 e. The summed E-state index contributed by atoms with van der Waals surface area (Å²) in [6.45, 7) is 3.62. The number of hydrogen-bond acceptors (Lipinski definition) is 3. The monoisotopic (exact) mass is 303 g/mol. The largest absolute Gasteiger partial charge is 0.399 e. The highest BCUT2D eigenvalue weighted by atomic mass is 35.5. The zero-order valence-corrected chi connectivity index (χ0v) is 12.6. The van der Waals surface area contributed by atoms with E-state index >= 15 is 0 Å². The molecule has 4 nitrogen and oxygen atoms in total. The Morgan fingerprint density at radius 1 is 1.19 bits per heavy atom. The van der Waals surface area contributed by atoms with Gasteiger partial charge in [-0.2, -0.15) is 0 Å². The molecule has 0 saturated carbocycles. The van der Waals surface area contributed by atoms with Crippen molar-refractivity contribution in [2.24, 2.45) is 5.73 Å². The predicted octanol–water partition coefficient (Wildman–Crippen LogP) is 3.05. The van der Waals surface area contributed by atoms with E-state index in [0.29, 0.717) is 10.6 Å². The molecule has 5 heteroatoms. The second-order valence-corrected chi connectivity index (χ2v) is 5.19. The van der Waals surface area contributed by atoms with Crippen LogP contribution < -0.4 is 16.4 Å². The molecule has 0 bridgehead atoms. The van der Waals surface area contributed by atoms with Gasteiger partial charge in [0.25, 0.3) is 0 Å². The summed E-state index contributed by atoms with van der Waals surface area (Å²) in [7, 11) is 0. The molecule has 21 heavy (non-hydrogen) atoms. The Kier molecular flexibility index (Phi) is 4.70. The van der Waals surface area contributed by atoms with Crippen molar-refractivity contribution in [1.82, 2.24) is 0 Å². The van der Waals surface area contributed by atoms with Crippen molar-refractivity contribution in [3.63, 3.8) is 0 Å². The van der Waals surface area contributed by atoms with E-state index in [1.807, 2.05) is 30.3 Å². The van der Waals surface area contributed by atoms with Crippen LogP contribution in [0.25, 0.3) is 0 Å². The molecule has 0 unspecified atom stereocenters. The first-order valence-corrected chi connectivity index (χ1v) is 7.07. The summed E-state index contributed by atoms with van der Waals surface area (Å²) in [4.78, 5) is 13.4. The van der Waals surface area contributed by atoms with Gasteiger partial charge in [0.05, 0.1) is 10.6 Å². The Bertz CT molecular complexity index is 640. The second-order valence-electron chi connectivity index (χ2n) is 4.78. The lowest BCUT2D eigenvalue weighted by atomic mass is 10.1. The molecule has 0 aliphatic rings. The van der Waals surface area contributed by atoms with Crippen LogP contribution in [-0.2, 0) is 6.54 Å².